The Bertz CT molecular complexity index is 448. The second-order valence-electron chi connectivity index (χ2n) is 6.56. The van der Waals surface area contributed by atoms with Gasteiger partial charge >= 0.3 is 0 Å². The van der Waals surface area contributed by atoms with E-state index in [9.17, 15) is 10.2 Å². The molecule has 1 aromatic carbocycles. The van der Waals surface area contributed by atoms with Crippen molar-refractivity contribution >= 4 is 5.69 Å². The maximum atomic E-state index is 10.2. The third kappa shape index (κ3) is 4.43. The van der Waals surface area contributed by atoms with Gasteiger partial charge in [0.25, 0.3) is 0 Å². The van der Waals surface area contributed by atoms with Crippen molar-refractivity contribution in [3.05, 3.63) is 29.8 Å². The molecule has 118 valence electrons. The van der Waals surface area contributed by atoms with E-state index in [2.05, 4.69) is 15.9 Å². The maximum absolute atomic E-state index is 10.2. The second kappa shape index (κ2) is 6.77. The average Bonchev–Trinajstić information content (AvgIpc) is 2.45. The van der Waals surface area contributed by atoms with Crippen LogP contribution in [0.5, 0.6) is 0 Å². The van der Waals surface area contributed by atoms with Gasteiger partial charge in [-0.2, -0.15) is 0 Å². The topological polar surface area (TPSA) is 46.9 Å². The molecule has 0 aliphatic carbocycles. The number of para-hydroxylation sites is 1. The number of benzene rings is 1. The van der Waals surface area contributed by atoms with Gasteiger partial charge in [0.15, 0.2) is 0 Å². The van der Waals surface area contributed by atoms with Gasteiger partial charge in [0.1, 0.15) is 0 Å². The van der Waals surface area contributed by atoms with Gasteiger partial charge in [0.05, 0.1) is 11.7 Å². The van der Waals surface area contributed by atoms with Crippen LogP contribution in [-0.4, -0.2) is 53.4 Å². The highest BCUT2D eigenvalue weighted by Crippen LogP contribution is 2.28. The number of nitrogens with zero attached hydrogens (tertiary/aromatic N) is 2. The fraction of sp³-hybridized carbons (Fsp3) is 0.647. The van der Waals surface area contributed by atoms with Crippen molar-refractivity contribution < 1.29 is 10.2 Å². The summed E-state index contributed by atoms with van der Waals surface area (Å²) in [6, 6.07) is 8.14. The molecule has 1 aliphatic rings. The van der Waals surface area contributed by atoms with Gasteiger partial charge in [0.2, 0.25) is 0 Å². The minimum atomic E-state index is -0.640. The number of piperazine rings is 1. The van der Waals surface area contributed by atoms with Gasteiger partial charge in [-0.15, -0.1) is 0 Å². The van der Waals surface area contributed by atoms with Crippen LogP contribution in [-0.2, 0) is 0 Å². The summed E-state index contributed by atoms with van der Waals surface area (Å²) in [5.74, 6) is 0. The quantitative estimate of drug-likeness (QED) is 0.872. The fourth-order valence-electron chi connectivity index (χ4n) is 2.97. The zero-order chi connectivity index (χ0) is 15.5. The lowest BCUT2D eigenvalue weighted by Gasteiger charge is -2.39. The van der Waals surface area contributed by atoms with Crippen LogP contribution in [0.4, 0.5) is 5.69 Å². The van der Waals surface area contributed by atoms with Crippen LogP contribution in [0.15, 0.2) is 24.3 Å². The van der Waals surface area contributed by atoms with E-state index in [1.54, 1.807) is 0 Å². The molecule has 0 saturated carbocycles. The Balaban J connectivity index is 2.03. The molecular formula is C17H28N2O2. The monoisotopic (exact) mass is 292 g/mol. The van der Waals surface area contributed by atoms with Crippen molar-refractivity contribution in [2.75, 3.05) is 37.6 Å². The third-order valence-corrected chi connectivity index (χ3v) is 4.01. The van der Waals surface area contributed by atoms with Crippen molar-refractivity contribution in [2.45, 2.75) is 38.9 Å². The number of β-amino-alcohol motifs (C(OH)–C–C–N with tert-alkyl or cyclic N) is 1. The molecule has 1 unspecified atom stereocenters. The maximum Gasteiger partial charge on any atom is 0.0807 e. The highest BCUT2D eigenvalue weighted by Gasteiger charge is 2.24. The van der Waals surface area contributed by atoms with Gasteiger partial charge in [0, 0.05) is 44.0 Å². The molecule has 1 atom stereocenters. The molecule has 4 heteroatoms. The first-order valence-electron chi connectivity index (χ1n) is 7.87. The Morgan fingerprint density at radius 3 is 2.33 bits per heavy atom. The predicted molar refractivity (Wildman–Crippen MR) is 86.6 cm³/mol. The molecule has 0 radical (unpaired) electrons. The van der Waals surface area contributed by atoms with Crippen LogP contribution in [0.25, 0.3) is 0 Å². The minimum Gasteiger partial charge on any atom is -0.389 e. The van der Waals surface area contributed by atoms with E-state index in [4.69, 9.17) is 0 Å². The number of aliphatic hydroxyl groups excluding tert-OH is 1. The van der Waals surface area contributed by atoms with E-state index in [1.807, 2.05) is 39.0 Å². The number of hydrogen-bond donors (Lipinski definition) is 2. The normalized spacial score (nSPS) is 18.8. The second-order valence-corrected chi connectivity index (χ2v) is 6.56. The molecule has 1 fully saturated rings. The third-order valence-electron chi connectivity index (χ3n) is 4.01. The minimum absolute atomic E-state index is 0.393. The van der Waals surface area contributed by atoms with Gasteiger partial charge < -0.3 is 15.1 Å². The summed E-state index contributed by atoms with van der Waals surface area (Å²) in [4.78, 5) is 4.64. The van der Waals surface area contributed by atoms with Crippen LogP contribution in [0, 0.1) is 0 Å². The summed E-state index contributed by atoms with van der Waals surface area (Å²) >= 11 is 0. The zero-order valence-corrected chi connectivity index (χ0v) is 13.4. The van der Waals surface area contributed by atoms with Crippen molar-refractivity contribution in [3.8, 4) is 0 Å². The number of rotatable bonds is 5. The molecule has 0 bridgehead atoms. The summed E-state index contributed by atoms with van der Waals surface area (Å²) in [6.45, 7) is 10.2. The Kier molecular flexibility index (Phi) is 5.25. The predicted octanol–water partition coefficient (Wildman–Crippen LogP) is 2.02. The smallest absolute Gasteiger partial charge is 0.0807 e. The Hall–Kier alpha value is -1.10. The molecule has 1 aliphatic heterocycles. The molecule has 21 heavy (non-hydrogen) atoms. The van der Waals surface area contributed by atoms with E-state index in [-0.39, 0.29) is 0 Å². The zero-order valence-electron chi connectivity index (χ0n) is 13.4. The van der Waals surface area contributed by atoms with Crippen LogP contribution < -0.4 is 4.90 Å². The molecule has 0 aromatic heterocycles. The van der Waals surface area contributed by atoms with E-state index < -0.39 is 11.7 Å². The molecule has 4 nitrogen and oxygen atoms in total. The molecule has 0 spiro atoms. The van der Waals surface area contributed by atoms with Crippen molar-refractivity contribution in [2.24, 2.45) is 0 Å². The first kappa shape index (κ1) is 16.3. The summed E-state index contributed by atoms with van der Waals surface area (Å²) in [6.07, 6.45) is 0.339. The standard InChI is InChI=1S/C17H28N2O2/c1-4-16(20)14-7-5-6-8-15(14)19-11-9-18(10-12-19)13-17(2,3)21/h5-8,16,20-21H,4,9-13H2,1-3H3. The molecule has 0 amide bonds. The van der Waals surface area contributed by atoms with Crippen molar-refractivity contribution in [1.82, 2.24) is 4.90 Å². The molecule has 2 N–H and O–H groups in total. The van der Waals surface area contributed by atoms with Crippen LogP contribution >= 0.6 is 0 Å². The summed E-state index contributed by atoms with van der Waals surface area (Å²) < 4.78 is 0. The number of hydrogen-bond acceptors (Lipinski definition) is 4. The first-order valence-corrected chi connectivity index (χ1v) is 7.87. The van der Waals surface area contributed by atoms with Gasteiger partial charge in [-0.05, 0) is 26.3 Å². The number of anilines is 1. The van der Waals surface area contributed by atoms with Crippen LogP contribution in [0.2, 0.25) is 0 Å². The van der Waals surface area contributed by atoms with Gasteiger partial charge in [-0.1, -0.05) is 25.1 Å². The number of aliphatic hydroxyl groups is 2. The fourth-order valence-corrected chi connectivity index (χ4v) is 2.97. The van der Waals surface area contributed by atoms with Crippen molar-refractivity contribution in [3.63, 3.8) is 0 Å². The molecule has 1 aromatic rings. The van der Waals surface area contributed by atoms with E-state index in [0.717, 1.165) is 43.9 Å². The van der Waals surface area contributed by atoms with E-state index in [0.29, 0.717) is 6.54 Å². The Morgan fingerprint density at radius 2 is 1.76 bits per heavy atom. The largest absolute Gasteiger partial charge is 0.389 e. The lowest BCUT2D eigenvalue weighted by atomic mass is 10.0. The van der Waals surface area contributed by atoms with Gasteiger partial charge in [-0.3, -0.25) is 4.90 Å². The average molecular weight is 292 g/mol. The molecule has 1 saturated heterocycles. The lowest BCUT2D eigenvalue weighted by Crippen LogP contribution is -2.50. The highest BCUT2D eigenvalue weighted by atomic mass is 16.3. The molecule has 2 rings (SSSR count). The summed E-state index contributed by atoms with van der Waals surface area (Å²) in [5, 5.41) is 20.1. The molecule has 1 heterocycles. The lowest BCUT2D eigenvalue weighted by molar-refractivity contribution is 0.0345. The molecular weight excluding hydrogens is 264 g/mol. The summed E-state index contributed by atoms with van der Waals surface area (Å²) in [7, 11) is 0. The Labute approximate surface area is 128 Å². The van der Waals surface area contributed by atoms with E-state index >= 15 is 0 Å². The first-order chi connectivity index (χ1) is 9.90. The SMILES string of the molecule is CCC(O)c1ccccc1N1CCN(CC(C)(C)O)CC1. The van der Waals surface area contributed by atoms with Crippen LogP contribution in [0.1, 0.15) is 38.9 Å². The van der Waals surface area contributed by atoms with Crippen LogP contribution in [0.3, 0.4) is 0 Å². The van der Waals surface area contributed by atoms with E-state index in [1.165, 1.54) is 0 Å². The highest BCUT2D eigenvalue weighted by molar-refractivity contribution is 5.55. The van der Waals surface area contributed by atoms with Crippen molar-refractivity contribution in [1.29, 1.82) is 0 Å². The van der Waals surface area contributed by atoms with Gasteiger partial charge in [-0.25, -0.2) is 0 Å². The summed E-state index contributed by atoms with van der Waals surface area (Å²) in [5.41, 5.74) is 1.53. The Morgan fingerprint density at radius 1 is 1.14 bits per heavy atom.